The lowest BCUT2D eigenvalue weighted by atomic mass is 10.1. The minimum absolute atomic E-state index is 0.0340. The van der Waals surface area contributed by atoms with E-state index in [1.807, 2.05) is 54.8 Å². The summed E-state index contributed by atoms with van der Waals surface area (Å²) in [4.78, 5) is 30.3. The van der Waals surface area contributed by atoms with Crippen molar-refractivity contribution in [1.29, 1.82) is 0 Å². The van der Waals surface area contributed by atoms with Crippen LogP contribution in [0.2, 0.25) is 0 Å². The summed E-state index contributed by atoms with van der Waals surface area (Å²) in [5.74, 6) is 0.0340. The number of nitrogens with one attached hydrogen (secondary N) is 1. The number of urea groups is 1. The number of aryl methyl sites for hydroxylation is 1. The van der Waals surface area contributed by atoms with Crippen LogP contribution in [-0.4, -0.2) is 72.5 Å². The molecule has 2 rings (SSSR count). The van der Waals surface area contributed by atoms with E-state index in [0.717, 1.165) is 31.7 Å². The summed E-state index contributed by atoms with van der Waals surface area (Å²) in [7, 11) is 0. The zero-order valence-electron chi connectivity index (χ0n) is 15.6. The van der Waals surface area contributed by atoms with E-state index in [9.17, 15) is 9.59 Å². The van der Waals surface area contributed by atoms with Crippen LogP contribution >= 0.6 is 0 Å². The van der Waals surface area contributed by atoms with Crippen molar-refractivity contribution in [2.24, 2.45) is 0 Å². The number of piperazine rings is 1. The second kappa shape index (κ2) is 9.42. The molecule has 1 aromatic rings. The first-order chi connectivity index (χ1) is 12.0. The molecule has 0 bridgehead atoms. The van der Waals surface area contributed by atoms with Gasteiger partial charge in [-0.25, -0.2) is 4.79 Å². The van der Waals surface area contributed by atoms with Crippen molar-refractivity contribution < 1.29 is 9.59 Å². The molecule has 1 N–H and O–H groups in total. The molecule has 0 unspecified atom stereocenters. The summed E-state index contributed by atoms with van der Waals surface area (Å²) >= 11 is 0. The van der Waals surface area contributed by atoms with E-state index < -0.39 is 0 Å². The van der Waals surface area contributed by atoms with Gasteiger partial charge in [0.15, 0.2) is 0 Å². The van der Waals surface area contributed by atoms with Crippen molar-refractivity contribution in [2.75, 3.05) is 45.8 Å². The van der Waals surface area contributed by atoms with Crippen molar-refractivity contribution in [3.05, 3.63) is 35.4 Å². The van der Waals surface area contributed by atoms with E-state index in [-0.39, 0.29) is 11.9 Å². The molecule has 0 saturated carbocycles. The molecule has 1 saturated heterocycles. The number of carbonyl (C=O) groups is 2. The molecule has 0 radical (unpaired) electrons. The van der Waals surface area contributed by atoms with Gasteiger partial charge in [0.05, 0.1) is 6.54 Å². The van der Waals surface area contributed by atoms with Gasteiger partial charge in [0.1, 0.15) is 0 Å². The van der Waals surface area contributed by atoms with Gasteiger partial charge in [0.25, 0.3) is 0 Å². The van der Waals surface area contributed by atoms with Crippen LogP contribution < -0.4 is 5.32 Å². The van der Waals surface area contributed by atoms with Gasteiger partial charge in [-0.2, -0.15) is 0 Å². The highest BCUT2D eigenvalue weighted by molar-refractivity contribution is 5.78. The fourth-order valence-electron chi connectivity index (χ4n) is 3.05. The average molecular weight is 346 g/mol. The van der Waals surface area contributed by atoms with Crippen LogP contribution in [0.15, 0.2) is 24.3 Å². The predicted molar refractivity (Wildman–Crippen MR) is 99.4 cm³/mol. The number of hydrogen-bond donors (Lipinski definition) is 1. The third-order valence-electron chi connectivity index (χ3n) is 4.78. The summed E-state index contributed by atoms with van der Waals surface area (Å²) in [6, 6.07) is 8.18. The predicted octanol–water partition coefficient (Wildman–Crippen LogP) is 1.69. The Balaban J connectivity index is 1.73. The number of hydrogen-bond acceptors (Lipinski definition) is 3. The number of rotatable bonds is 6. The van der Waals surface area contributed by atoms with Gasteiger partial charge in [-0.3, -0.25) is 9.69 Å². The third-order valence-corrected chi connectivity index (χ3v) is 4.78. The molecule has 0 aliphatic carbocycles. The van der Waals surface area contributed by atoms with Crippen LogP contribution in [-0.2, 0) is 11.3 Å². The minimum Gasteiger partial charge on any atom is -0.351 e. The van der Waals surface area contributed by atoms with Crippen molar-refractivity contribution in [2.45, 2.75) is 27.3 Å². The van der Waals surface area contributed by atoms with Crippen molar-refractivity contribution in [1.82, 2.24) is 20.0 Å². The summed E-state index contributed by atoms with van der Waals surface area (Å²) in [6.45, 7) is 11.3. The van der Waals surface area contributed by atoms with Gasteiger partial charge in [-0.05, 0) is 31.9 Å². The monoisotopic (exact) mass is 346 g/mol. The van der Waals surface area contributed by atoms with Crippen molar-refractivity contribution >= 4 is 11.9 Å². The van der Waals surface area contributed by atoms with Gasteiger partial charge >= 0.3 is 6.03 Å². The van der Waals surface area contributed by atoms with Crippen LogP contribution in [0.3, 0.4) is 0 Å². The molecule has 25 heavy (non-hydrogen) atoms. The normalized spacial score (nSPS) is 15.1. The molecule has 138 valence electrons. The number of nitrogens with zero attached hydrogens (tertiary/aromatic N) is 3. The van der Waals surface area contributed by atoms with Crippen molar-refractivity contribution in [3.8, 4) is 0 Å². The van der Waals surface area contributed by atoms with Crippen molar-refractivity contribution in [3.63, 3.8) is 0 Å². The van der Waals surface area contributed by atoms with E-state index in [0.29, 0.717) is 26.2 Å². The molecule has 0 atom stereocenters. The topological polar surface area (TPSA) is 55.9 Å². The first-order valence-corrected chi connectivity index (χ1v) is 9.12. The molecular formula is C19H30N4O2. The zero-order chi connectivity index (χ0) is 18.2. The fourth-order valence-corrected chi connectivity index (χ4v) is 3.05. The van der Waals surface area contributed by atoms with Gasteiger partial charge in [-0.15, -0.1) is 0 Å². The maximum atomic E-state index is 12.3. The third kappa shape index (κ3) is 5.46. The Labute approximate surface area is 150 Å². The summed E-state index contributed by atoms with van der Waals surface area (Å²) in [5, 5.41) is 2.99. The minimum atomic E-state index is 0.0340. The first kappa shape index (κ1) is 19.2. The van der Waals surface area contributed by atoms with Gasteiger partial charge in [0.2, 0.25) is 5.91 Å². The summed E-state index contributed by atoms with van der Waals surface area (Å²) in [6.07, 6.45) is 0. The Bertz CT molecular complexity index is 579. The van der Waals surface area contributed by atoms with E-state index in [1.165, 1.54) is 5.56 Å². The molecule has 0 spiro atoms. The Kier molecular flexibility index (Phi) is 7.25. The maximum Gasteiger partial charge on any atom is 0.320 e. The van der Waals surface area contributed by atoms with Crippen LogP contribution in [0.4, 0.5) is 4.79 Å². The Hall–Kier alpha value is -2.08. The largest absolute Gasteiger partial charge is 0.351 e. The van der Waals surface area contributed by atoms with Crippen LogP contribution in [0.5, 0.6) is 0 Å². The average Bonchev–Trinajstić information content (AvgIpc) is 2.62. The molecule has 6 nitrogen and oxygen atoms in total. The molecule has 1 aliphatic rings. The lowest BCUT2D eigenvalue weighted by Gasteiger charge is -2.36. The van der Waals surface area contributed by atoms with Crippen LogP contribution in [0.1, 0.15) is 25.0 Å². The molecular weight excluding hydrogens is 316 g/mol. The molecule has 6 heteroatoms. The highest BCUT2D eigenvalue weighted by Gasteiger charge is 2.24. The van der Waals surface area contributed by atoms with E-state index in [1.54, 1.807) is 0 Å². The molecule has 0 aromatic heterocycles. The second-order valence-electron chi connectivity index (χ2n) is 6.42. The van der Waals surface area contributed by atoms with Gasteiger partial charge < -0.3 is 15.1 Å². The summed E-state index contributed by atoms with van der Waals surface area (Å²) < 4.78 is 0. The summed E-state index contributed by atoms with van der Waals surface area (Å²) in [5.41, 5.74) is 2.33. The first-order valence-electron chi connectivity index (χ1n) is 9.12. The number of amides is 3. The van der Waals surface area contributed by atoms with E-state index in [4.69, 9.17) is 0 Å². The van der Waals surface area contributed by atoms with E-state index in [2.05, 4.69) is 10.2 Å². The zero-order valence-corrected chi connectivity index (χ0v) is 15.6. The molecule has 1 aromatic carbocycles. The second-order valence-corrected chi connectivity index (χ2v) is 6.42. The lowest BCUT2D eigenvalue weighted by Crippen LogP contribution is -2.54. The van der Waals surface area contributed by atoms with E-state index >= 15 is 0 Å². The number of carbonyl (C=O) groups excluding carboxylic acids is 2. The van der Waals surface area contributed by atoms with Crippen LogP contribution in [0, 0.1) is 6.92 Å². The Morgan fingerprint density at radius 1 is 1.08 bits per heavy atom. The van der Waals surface area contributed by atoms with Gasteiger partial charge in [0, 0.05) is 45.8 Å². The smallest absolute Gasteiger partial charge is 0.320 e. The highest BCUT2D eigenvalue weighted by Crippen LogP contribution is 2.07. The van der Waals surface area contributed by atoms with Crippen LogP contribution in [0.25, 0.3) is 0 Å². The fraction of sp³-hybridized carbons (Fsp3) is 0.579. The molecule has 1 fully saturated rings. The van der Waals surface area contributed by atoms with Gasteiger partial charge in [-0.1, -0.05) is 24.3 Å². The quantitative estimate of drug-likeness (QED) is 0.853. The SMILES string of the molecule is CCN(CC)C(=O)N1CCN(CC(=O)NCc2ccccc2C)CC1. The molecule has 1 aliphatic heterocycles. The Morgan fingerprint density at radius 3 is 2.32 bits per heavy atom. The standard InChI is InChI=1S/C19H30N4O2/c1-4-22(5-2)19(25)23-12-10-21(11-13-23)15-18(24)20-14-17-9-7-6-8-16(17)3/h6-9H,4-5,10-15H2,1-3H3,(H,20,24). The lowest BCUT2D eigenvalue weighted by molar-refractivity contribution is -0.122. The molecule has 1 heterocycles. The Morgan fingerprint density at radius 2 is 1.72 bits per heavy atom. The molecule has 3 amide bonds. The maximum absolute atomic E-state index is 12.3. The highest BCUT2D eigenvalue weighted by atomic mass is 16.2. The number of benzene rings is 1.